The van der Waals surface area contributed by atoms with E-state index in [0.29, 0.717) is 5.69 Å². The molecule has 0 unspecified atom stereocenters. The molecule has 0 spiro atoms. The van der Waals surface area contributed by atoms with Gasteiger partial charge < -0.3 is 11.6 Å². The van der Waals surface area contributed by atoms with Gasteiger partial charge in [-0.25, -0.2) is 0 Å². The number of pyridine rings is 1. The minimum absolute atomic E-state index is 0.271. The fourth-order valence-corrected chi connectivity index (χ4v) is 1.04. The lowest BCUT2D eigenvalue weighted by atomic mass is 10.1. The zero-order valence-electron chi connectivity index (χ0n) is 7.20. The van der Waals surface area contributed by atoms with Crippen LogP contribution in [0.15, 0.2) is 17.4 Å². The average Bonchev–Trinajstić information content (AvgIpc) is 2.03. The van der Waals surface area contributed by atoms with Gasteiger partial charge in [-0.3, -0.25) is 4.98 Å². The number of hydrazone groups is 1. The highest BCUT2D eigenvalue weighted by Crippen LogP contribution is 2.05. The van der Waals surface area contributed by atoms with Crippen LogP contribution in [0.1, 0.15) is 16.8 Å². The van der Waals surface area contributed by atoms with Crippen molar-refractivity contribution in [1.82, 2.24) is 4.98 Å². The van der Waals surface area contributed by atoms with Crippen LogP contribution in [0.5, 0.6) is 0 Å². The lowest BCUT2D eigenvalue weighted by Gasteiger charge is -2.02. The summed E-state index contributed by atoms with van der Waals surface area (Å²) in [6.07, 6.45) is 1.74. The van der Waals surface area contributed by atoms with Crippen molar-refractivity contribution in [2.24, 2.45) is 16.7 Å². The predicted octanol–water partition coefficient (Wildman–Crippen LogP) is 0.277. The molecule has 1 rings (SSSR count). The zero-order valence-corrected chi connectivity index (χ0v) is 7.20. The number of hydrogen-bond acceptors (Lipinski definition) is 3. The molecule has 0 aliphatic carbocycles. The van der Waals surface area contributed by atoms with Crippen LogP contribution in [-0.4, -0.2) is 10.8 Å². The molecule has 1 aromatic rings. The number of nitrogens with two attached hydrogens (primary N) is 2. The summed E-state index contributed by atoms with van der Waals surface area (Å²) in [6, 6.07) is 1.99. The highest BCUT2D eigenvalue weighted by atomic mass is 15.2. The number of aromatic nitrogens is 1. The first-order valence-electron chi connectivity index (χ1n) is 3.62. The highest BCUT2D eigenvalue weighted by molar-refractivity contribution is 5.96. The van der Waals surface area contributed by atoms with Crippen molar-refractivity contribution in [2.45, 2.75) is 13.8 Å². The average molecular weight is 164 g/mol. The third-order valence-electron chi connectivity index (χ3n) is 1.60. The molecule has 0 saturated heterocycles. The normalized spacial score (nSPS) is 11.7. The molecule has 1 aromatic heterocycles. The molecule has 4 nitrogen and oxygen atoms in total. The Morgan fingerprint density at radius 1 is 1.50 bits per heavy atom. The van der Waals surface area contributed by atoms with Gasteiger partial charge in [-0.2, -0.15) is 5.10 Å². The lowest BCUT2D eigenvalue weighted by Crippen LogP contribution is -2.18. The van der Waals surface area contributed by atoms with Crippen molar-refractivity contribution >= 4 is 5.84 Å². The summed E-state index contributed by atoms with van der Waals surface area (Å²) in [5.41, 5.74) is 8.25. The van der Waals surface area contributed by atoms with Crippen LogP contribution in [0.4, 0.5) is 0 Å². The van der Waals surface area contributed by atoms with E-state index in [9.17, 15) is 0 Å². The third kappa shape index (κ3) is 1.53. The Labute approximate surface area is 71.3 Å². The molecule has 0 aliphatic rings. The molecule has 1 heterocycles. The molecule has 4 N–H and O–H groups in total. The Hall–Kier alpha value is -1.58. The number of amidine groups is 1. The van der Waals surface area contributed by atoms with E-state index in [1.807, 2.05) is 19.9 Å². The van der Waals surface area contributed by atoms with E-state index in [4.69, 9.17) is 11.6 Å². The van der Waals surface area contributed by atoms with Gasteiger partial charge in [0.25, 0.3) is 0 Å². The van der Waals surface area contributed by atoms with Crippen molar-refractivity contribution in [2.75, 3.05) is 0 Å². The van der Waals surface area contributed by atoms with Crippen molar-refractivity contribution in [1.29, 1.82) is 0 Å². The Bertz CT molecular complexity index is 317. The molecular weight excluding hydrogens is 152 g/mol. The van der Waals surface area contributed by atoms with E-state index in [1.54, 1.807) is 6.20 Å². The standard InChI is InChI=1S/C8H12N4/c1-5-3-6(2)7(11-4-5)8(9)12-10/h3-4H,10H2,1-2H3,(H2,9,12). The zero-order chi connectivity index (χ0) is 9.14. The third-order valence-corrected chi connectivity index (χ3v) is 1.60. The van der Waals surface area contributed by atoms with Gasteiger partial charge in [-0.05, 0) is 25.0 Å². The molecule has 12 heavy (non-hydrogen) atoms. The highest BCUT2D eigenvalue weighted by Gasteiger charge is 2.03. The largest absolute Gasteiger partial charge is 0.380 e. The first-order chi connectivity index (χ1) is 5.65. The van der Waals surface area contributed by atoms with Gasteiger partial charge in [-0.1, -0.05) is 6.07 Å². The van der Waals surface area contributed by atoms with Gasteiger partial charge in [0.1, 0.15) is 5.69 Å². The van der Waals surface area contributed by atoms with Crippen LogP contribution in [-0.2, 0) is 0 Å². The van der Waals surface area contributed by atoms with Crippen molar-refractivity contribution in [3.63, 3.8) is 0 Å². The number of rotatable bonds is 1. The molecule has 0 radical (unpaired) electrons. The van der Waals surface area contributed by atoms with E-state index >= 15 is 0 Å². The molecule has 0 fully saturated rings. The maximum atomic E-state index is 5.51. The second-order valence-corrected chi connectivity index (χ2v) is 2.69. The van der Waals surface area contributed by atoms with Crippen LogP contribution in [0.25, 0.3) is 0 Å². The fourth-order valence-electron chi connectivity index (χ4n) is 1.04. The maximum absolute atomic E-state index is 5.51. The Morgan fingerprint density at radius 3 is 2.67 bits per heavy atom. The maximum Gasteiger partial charge on any atom is 0.169 e. The van der Waals surface area contributed by atoms with Crippen LogP contribution < -0.4 is 11.6 Å². The summed E-state index contributed by atoms with van der Waals surface area (Å²) in [5, 5.41) is 3.38. The Balaban J connectivity index is 3.18. The first kappa shape index (κ1) is 8.52. The monoisotopic (exact) mass is 164 g/mol. The molecule has 0 aromatic carbocycles. The van der Waals surface area contributed by atoms with Gasteiger partial charge in [0.2, 0.25) is 0 Å². The molecular formula is C8H12N4. The van der Waals surface area contributed by atoms with Crippen molar-refractivity contribution in [3.05, 3.63) is 29.1 Å². The smallest absolute Gasteiger partial charge is 0.169 e. The number of hydrogen-bond donors (Lipinski definition) is 2. The summed E-state index contributed by atoms with van der Waals surface area (Å²) in [5.74, 6) is 5.30. The minimum Gasteiger partial charge on any atom is -0.380 e. The summed E-state index contributed by atoms with van der Waals surface area (Å²) in [6.45, 7) is 3.90. The summed E-state index contributed by atoms with van der Waals surface area (Å²) in [7, 11) is 0. The number of aryl methyl sites for hydroxylation is 2. The van der Waals surface area contributed by atoms with Crippen molar-refractivity contribution in [3.8, 4) is 0 Å². The van der Waals surface area contributed by atoms with Crippen LogP contribution in [0, 0.1) is 13.8 Å². The van der Waals surface area contributed by atoms with E-state index in [0.717, 1.165) is 11.1 Å². The van der Waals surface area contributed by atoms with Crippen molar-refractivity contribution < 1.29 is 0 Å². The lowest BCUT2D eigenvalue weighted by molar-refractivity contribution is 1.15. The van der Waals surface area contributed by atoms with Gasteiger partial charge >= 0.3 is 0 Å². The fraction of sp³-hybridized carbons (Fsp3) is 0.250. The Morgan fingerprint density at radius 2 is 2.17 bits per heavy atom. The molecule has 0 amide bonds. The second-order valence-electron chi connectivity index (χ2n) is 2.69. The van der Waals surface area contributed by atoms with Gasteiger partial charge in [0.05, 0.1) is 0 Å². The summed E-state index contributed by atoms with van der Waals surface area (Å²) < 4.78 is 0. The molecule has 0 atom stereocenters. The van der Waals surface area contributed by atoms with E-state index in [1.165, 1.54) is 0 Å². The number of nitrogens with zero attached hydrogens (tertiary/aromatic N) is 2. The van der Waals surface area contributed by atoms with Crippen LogP contribution in [0.3, 0.4) is 0 Å². The summed E-state index contributed by atoms with van der Waals surface area (Å²) in [4.78, 5) is 4.11. The van der Waals surface area contributed by atoms with Crippen LogP contribution >= 0.6 is 0 Å². The van der Waals surface area contributed by atoms with E-state index < -0.39 is 0 Å². The van der Waals surface area contributed by atoms with E-state index in [2.05, 4.69) is 10.1 Å². The molecule has 0 saturated carbocycles. The Kier molecular flexibility index (Phi) is 2.28. The second kappa shape index (κ2) is 3.21. The molecule has 64 valence electrons. The molecule has 0 bridgehead atoms. The summed E-state index contributed by atoms with van der Waals surface area (Å²) >= 11 is 0. The minimum atomic E-state index is 0.271. The van der Waals surface area contributed by atoms with Crippen LogP contribution in [0.2, 0.25) is 0 Å². The molecule has 0 aliphatic heterocycles. The first-order valence-corrected chi connectivity index (χ1v) is 3.62. The van der Waals surface area contributed by atoms with E-state index in [-0.39, 0.29) is 5.84 Å². The predicted molar refractivity (Wildman–Crippen MR) is 48.6 cm³/mol. The van der Waals surface area contributed by atoms with Gasteiger partial charge in [0.15, 0.2) is 5.84 Å². The van der Waals surface area contributed by atoms with Gasteiger partial charge in [-0.15, -0.1) is 0 Å². The topological polar surface area (TPSA) is 77.3 Å². The van der Waals surface area contributed by atoms with Gasteiger partial charge in [0, 0.05) is 6.20 Å². The molecule has 4 heteroatoms. The quantitative estimate of drug-likeness (QED) is 0.271. The SMILES string of the molecule is Cc1cnc(C(N)=NN)c(C)c1.